The lowest BCUT2D eigenvalue weighted by atomic mass is 9.51. The summed E-state index contributed by atoms with van der Waals surface area (Å²) in [5, 5.41) is 0. The number of esters is 2. The Labute approximate surface area is 203 Å². The minimum atomic E-state index is -1.06. The molecule has 2 saturated carbocycles. The number of hydrogen-bond donors (Lipinski definition) is 0. The van der Waals surface area contributed by atoms with E-state index in [-0.39, 0.29) is 22.8 Å². The fourth-order valence-electron chi connectivity index (χ4n) is 8.26. The second-order valence-corrected chi connectivity index (χ2v) is 12.6. The Morgan fingerprint density at radius 3 is 1.50 bits per heavy atom. The van der Waals surface area contributed by atoms with Gasteiger partial charge in [-0.3, -0.25) is 0 Å². The Morgan fingerprint density at radius 2 is 1.12 bits per heavy atom. The van der Waals surface area contributed by atoms with Crippen LogP contribution < -0.4 is 0 Å². The minimum Gasteiger partial charge on any atom is -0.442 e. The van der Waals surface area contributed by atoms with Crippen LogP contribution in [-0.4, -0.2) is 23.1 Å². The molecule has 0 aromatic carbocycles. The molecule has 2 aliphatic heterocycles. The van der Waals surface area contributed by atoms with Crippen LogP contribution in [0.1, 0.15) is 92.9 Å². The predicted molar refractivity (Wildman–Crippen MR) is 131 cm³/mol. The third-order valence-corrected chi connectivity index (χ3v) is 11.1. The summed E-state index contributed by atoms with van der Waals surface area (Å²) in [5.41, 5.74) is 4.12. The van der Waals surface area contributed by atoms with Gasteiger partial charge < -0.3 is 9.47 Å². The van der Waals surface area contributed by atoms with E-state index in [1.54, 1.807) is 0 Å². The smallest absolute Gasteiger partial charge is 0.335 e. The van der Waals surface area contributed by atoms with Crippen molar-refractivity contribution in [3.8, 4) is 0 Å². The molecule has 182 valence electrons. The van der Waals surface area contributed by atoms with Crippen molar-refractivity contribution >= 4 is 11.9 Å². The highest BCUT2D eigenvalue weighted by atomic mass is 16.6. The first-order valence-corrected chi connectivity index (χ1v) is 13.3. The summed E-state index contributed by atoms with van der Waals surface area (Å²) in [7, 11) is 0. The van der Waals surface area contributed by atoms with Gasteiger partial charge in [-0.2, -0.15) is 0 Å². The molecule has 0 amide bonds. The van der Waals surface area contributed by atoms with Gasteiger partial charge in [-0.25, -0.2) is 9.59 Å². The van der Waals surface area contributed by atoms with Crippen LogP contribution in [0.4, 0.5) is 0 Å². The summed E-state index contributed by atoms with van der Waals surface area (Å²) < 4.78 is 12.9. The number of ether oxygens (including phenoxy) is 2. The van der Waals surface area contributed by atoms with Crippen LogP contribution >= 0.6 is 0 Å². The molecule has 0 radical (unpaired) electrons. The van der Waals surface area contributed by atoms with Gasteiger partial charge in [0.1, 0.15) is 0 Å². The van der Waals surface area contributed by atoms with Crippen LogP contribution in [0.25, 0.3) is 0 Å². The molecule has 2 heterocycles. The van der Waals surface area contributed by atoms with Crippen LogP contribution in [0.3, 0.4) is 0 Å². The van der Waals surface area contributed by atoms with Crippen molar-refractivity contribution in [2.24, 2.45) is 22.7 Å². The average Bonchev–Trinajstić information content (AvgIpc) is 3.18. The fraction of sp³-hybridized carbons (Fsp3) is 0.667. The van der Waals surface area contributed by atoms with Gasteiger partial charge in [0.25, 0.3) is 0 Å². The van der Waals surface area contributed by atoms with Gasteiger partial charge in [-0.15, -0.1) is 0 Å². The van der Waals surface area contributed by atoms with E-state index in [0.29, 0.717) is 23.0 Å². The molecule has 0 N–H and O–H groups in total. The maximum absolute atomic E-state index is 13.2. The Balaban J connectivity index is 1.65. The molecule has 0 bridgehead atoms. The number of fused-ring (bicyclic) bond motifs is 5. The van der Waals surface area contributed by atoms with Crippen molar-refractivity contribution in [3.05, 3.63) is 45.6 Å². The van der Waals surface area contributed by atoms with Gasteiger partial charge >= 0.3 is 11.9 Å². The third-order valence-electron chi connectivity index (χ3n) is 11.1. The standard InChI is InChI=1S/C30H38O4/c1-17-9-7-11-21-13-29(23(15-27(17,21)5)19(3)25(31)33-29)30-14-22-12-8-10-18(2)28(22,6)16-24(30)20(4)26(32)34-30/h13-14,17-18H,7-12,15-16H2,1-6H3/t17-,18-,27+,28+,29-,30+/m0/s1. The lowest BCUT2D eigenvalue weighted by molar-refractivity contribution is -0.170. The summed E-state index contributed by atoms with van der Waals surface area (Å²) in [5.74, 6) is 0.544. The van der Waals surface area contributed by atoms with Gasteiger partial charge in [0.05, 0.1) is 0 Å². The number of carbonyl (C=O) groups is 2. The second-order valence-electron chi connectivity index (χ2n) is 12.6. The van der Waals surface area contributed by atoms with E-state index in [9.17, 15) is 9.59 Å². The maximum Gasteiger partial charge on any atom is 0.335 e. The van der Waals surface area contributed by atoms with Crippen molar-refractivity contribution in [2.45, 2.75) is 104 Å². The van der Waals surface area contributed by atoms with Crippen molar-refractivity contribution in [3.63, 3.8) is 0 Å². The molecular weight excluding hydrogens is 424 g/mol. The molecule has 4 heteroatoms. The van der Waals surface area contributed by atoms with Crippen LogP contribution in [0, 0.1) is 22.7 Å². The Hall–Kier alpha value is -2.10. The quantitative estimate of drug-likeness (QED) is 0.329. The number of carbonyl (C=O) groups excluding carboxylic acids is 2. The predicted octanol–water partition coefficient (Wildman–Crippen LogP) is 6.52. The summed E-state index contributed by atoms with van der Waals surface area (Å²) in [6.45, 7) is 13.2. The Bertz CT molecular complexity index is 1060. The first-order chi connectivity index (χ1) is 16.0. The SMILES string of the molecule is CC1=C2C[C@@]3(C)C(=C[C@]2([C@@]24C=C5CCC[C@H](C)[C@@]5(C)CC2=C(C)C(=O)O4)OC1=O)CCC[C@@H]3C. The molecular formula is C30H38O4. The molecule has 6 rings (SSSR count). The first-order valence-electron chi connectivity index (χ1n) is 13.3. The highest BCUT2D eigenvalue weighted by molar-refractivity contribution is 5.97. The van der Waals surface area contributed by atoms with Gasteiger partial charge in [0, 0.05) is 11.1 Å². The first kappa shape index (κ1) is 22.4. The maximum atomic E-state index is 13.2. The van der Waals surface area contributed by atoms with Gasteiger partial charge in [0.15, 0.2) is 11.2 Å². The van der Waals surface area contributed by atoms with Crippen LogP contribution in [0.15, 0.2) is 45.6 Å². The second kappa shape index (κ2) is 6.77. The van der Waals surface area contributed by atoms with E-state index in [0.717, 1.165) is 49.7 Å². The zero-order valence-corrected chi connectivity index (χ0v) is 21.6. The Kier molecular flexibility index (Phi) is 4.45. The summed E-state index contributed by atoms with van der Waals surface area (Å²) in [6.07, 6.45) is 12.8. The molecule has 34 heavy (non-hydrogen) atoms. The molecule has 2 fully saturated rings. The number of allylic oxidation sites excluding steroid dienone is 2. The lowest BCUT2D eigenvalue weighted by Gasteiger charge is -2.56. The van der Waals surface area contributed by atoms with E-state index in [1.165, 1.54) is 24.0 Å². The normalized spacial score (nSPS) is 45.6. The van der Waals surface area contributed by atoms with Crippen molar-refractivity contribution in [1.82, 2.24) is 0 Å². The van der Waals surface area contributed by atoms with Gasteiger partial charge in [-0.1, -0.05) is 38.8 Å². The van der Waals surface area contributed by atoms with Crippen LogP contribution in [0.5, 0.6) is 0 Å². The molecule has 0 unspecified atom stereocenters. The molecule has 6 atom stereocenters. The average molecular weight is 463 g/mol. The highest BCUT2D eigenvalue weighted by Gasteiger charge is 2.70. The zero-order chi connectivity index (χ0) is 24.3. The molecule has 4 nitrogen and oxygen atoms in total. The monoisotopic (exact) mass is 462 g/mol. The van der Waals surface area contributed by atoms with Crippen molar-refractivity contribution in [2.75, 3.05) is 0 Å². The molecule has 0 spiro atoms. The molecule has 0 aromatic heterocycles. The molecule has 0 aromatic rings. The van der Waals surface area contributed by atoms with E-state index in [4.69, 9.17) is 9.47 Å². The minimum absolute atomic E-state index is 0.0141. The van der Waals surface area contributed by atoms with E-state index < -0.39 is 11.2 Å². The van der Waals surface area contributed by atoms with Gasteiger partial charge in [0.2, 0.25) is 0 Å². The zero-order valence-electron chi connectivity index (χ0n) is 21.6. The molecule has 6 aliphatic rings. The van der Waals surface area contributed by atoms with Crippen LogP contribution in [0.2, 0.25) is 0 Å². The molecule has 4 aliphatic carbocycles. The third kappa shape index (κ3) is 2.45. The fourth-order valence-corrected chi connectivity index (χ4v) is 8.26. The Morgan fingerprint density at radius 1 is 0.735 bits per heavy atom. The number of hydrogen-bond acceptors (Lipinski definition) is 4. The summed E-state index contributed by atoms with van der Waals surface area (Å²) >= 11 is 0. The highest BCUT2D eigenvalue weighted by Crippen LogP contribution is 2.66. The topological polar surface area (TPSA) is 52.6 Å². The van der Waals surface area contributed by atoms with E-state index in [1.807, 2.05) is 13.8 Å². The number of rotatable bonds is 1. The van der Waals surface area contributed by atoms with Crippen molar-refractivity contribution in [1.29, 1.82) is 0 Å². The van der Waals surface area contributed by atoms with E-state index >= 15 is 0 Å². The molecule has 0 saturated heterocycles. The van der Waals surface area contributed by atoms with Gasteiger partial charge in [-0.05, 0) is 111 Å². The summed E-state index contributed by atoms with van der Waals surface area (Å²) in [4.78, 5) is 26.5. The van der Waals surface area contributed by atoms with Crippen molar-refractivity contribution < 1.29 is 19.1 Å². The summed E-state index contributed by atoms with van der Waals surface area (Å²) in [6, 6.07) is 0. The lowest BCUT2D eigenvalue weighted by Crippen LogP contribution is -2.60. The van der Waals surface area contributed by atoms with E-state index in [2.05, 4.69) is 39.8 Å². The van der Waals surface area contributed by atoms with Crippen LogP contribution in [-0.2, 0) is 19.1 Å². The largest absolute Gasteiger partial charge is 0.442 e.